The van der Waals surface area contributed by atoms with Crippen LogP contribution in [0.5, 0.6) is 0 Å². The standard InChI is InChI=1S/C12H17N/c1-10-8-13(9-10)11(2)12-6-4-3-5-7-12/h3-7,10-11H,8-9H2,1-2H3/t11-/m0/s1. The summed E-state index contributed by atoms with van der Waals surface area (Å²) in [5.74, 6) is 0.895. The lowest BCUT2D eigenvalue weighted by molar-refractivity contribution is 0.0702. The van der Waals surface area contributed by atoms with Gasteiger partial charge in [-0.05, 0) is 18.4 Å². The Morgan fingerprint density at radius 3 is 2.38 bits per heavy atom. The van der Waals surface area contributed by atoms with Crippen molar-refractivity contribution in [1.82, 2.24) is 4.90 Å². The van der Waals surface area contributed by atoms with Crippen LogP contribution in [0.3, 0.4) is 0 Å². The molecule has 1 atom stereocenters. The van der Waals surface area contributed by atoms with E-state index >= 15 is 0 Å². The van der Waals surface area contributed by atoms with Crippen molar-refractivity contribution in [2.75, 3.05) is 13.1 Å². The molecular formula is C12H17N. The summed E-state index contributed by atoms with van der Waals surface area (Å²) in [5, 5.41) is 0. The molecular weight excluding hydrogens is 158 g/mol. The molecule has 1 aliphatic rings. The molecule has 1 aromatic rings. The number of rotatable bonds is 2. The summed E-state index contributed by atoms with van der Waals surface area (Å²) in [4.78, 5) is 2.53. The van der Waals surface area contributed by atoms with Crippen molar-refractivity contribution in [3.8, 4) is 0 Å². The summed E-state index contributed by atoms with van der Waals surface area (Å²) >= 11 is 0. The highest BCUT2D eigenvalue weighted by atomic mass is 15.2. The third kappa shape index (κ3) is 1.75. The molecule has 0 unspecified atom stereocenters. The lowest BCUT2D eigenvalue weighted by Gasteiger charge is -2.41. The predicted molar refractivity (Wildman–Crippen MR) is 55.6 cm³/mol. The first-order valence-corrected chi connectivity index (χ1v) is 5.06. The smallest absolute Gasteiger partial charge is 0.0320 e. The van der Waals surface area contributed by atoms with E-state index in [4.69, 9.17) is 0 Å². The summed E-state index contributed by atoms with van der Waals surface area (Å²) in [7, 11) is 0. The van der Waals surface area contributed by atoms with Crippen LogP contribution in [-0.4, -0.2) is 18.0 Å². The molecule has 0 amide bonds. The summed E-state index contributed by atoms with van der Waals surface area (Å²) in [5.41, 5.74) is 1.44. The minimum Gasteiger partial charge on any atom is -0.296 e. The molecule has 1 nitrogen and oxygen atoms in total. The van der Waals surface area contributed by atoms with Crippen molar-refractivity contribution in [3.05, 3.63) is 35.9 Å². The molecule has 2 rings (SSSR count). The van der Waals surface area contributed by atoms with Crippen LogP contribution in [0.2, 0.25) is 0 Å². The lowest BCUT2D eigenvalue weighted by atomic mass is 9.97. The van der Waals surface area contributed by atoms with E-state index in [1.807, 2.05) is 0 Å². The Morgan fingerprint density at radius 2 is 1.85 bits per heavy atom. The van der Waals surface area contributed by atoms with Crippen LogP contribution in [0.1, 0.15) is 25.5 Å². The van der Waals surface area contributed by atoms with Crippen LogP contribution in [0.15, 0.2) is 30.3 Å². The van der Waals surface area contributed by atoms with Gasteiger partial charge in [0.2, 0.25) is 0 Å². The Balaban J connectivity index is 2.02. The molecule has 1 heteroatoms. The van der Waals surface area contributed by atoms with E-state index in [2.05, 4.69) is 49.1 Å². The topological polar surface area (TPSA) is 3.24 Å². The molecule has 0 bridgehead atoms. The third-order valence-electron chi connectivity index (χ3n) is 2.92. The fraction of sp³-hybridized carbons (Fsp3) is 0.500. The second kappa shape index (κ2) is 3.51. The van der Waals surface area contributed by atoms with Gasteiger partial charge >= 0.3 is 0 Å². The molecule has 0 aromatic heterocycles. The van der Waals surface area contributed by atoms with Crippen molar-refractivity contribution in [1.29, 1.82) is 0 Å². The van der Waals surface area contributed by atoms with Crippen LogP contribution in [-0.2, 0) is 0 Å². The number of nitrogens with zero attached hydrogens (tertiary/aromatic N) is 1. The Bertz CT molecular complexity index is 262. The minimum atomic E-state index is 0.595. The van der Waals surface area contributed by atoms with E-state index in [1.165, 1.54) is 18.7 Å². The molecule has 0 N–H and O–H groups in total. The number of likely N-dealkylation sites (tertiary alicyclic amines) is 1. The maximum Gasteiger partial charge on any atom is 0.0320 e. The number of hydrogen-bond donors (Lipinski definition) is 0. The Morgan fingerprint density at radius 1 is 1.23 bits per heavy atom. The quantitative estimate of drug-likeness (QED) is 0.668. The highest BCUT2D eigenvalue weighted by molar-refractivity contribution is 5.18. The van der Waals surface area contributed by atoms with Gasteiger partial charge in [0, 0.05) is 19.1 Å². The van der Waals surface area contributed by atoms with Crippen molar-refractivity contribution >= 4 is 0 Å². The van der Waals surface area contributed by atoms with Gasteiger partial charge in [-0.3, -0.25) is 4.90 Å². The Hall–Kier alpha value is -0.820. The molecule has 1 saturated heterocycles. The summed E-state index contributed by atoms with van der Waals surface area (Å²) < 4.78 is 0. The van der Waals surface area contributed by atoms with Gasteiger partial charge in [-0.25, -0.2) is 0 Å². The SMILES string of the molecule is CC1CN([C@@H](C)c2ccccc2)C1. The predicted octanol–water partition coefficient (Wildman–Crippen LogP) is 2.70. The highest BCUT2D eigenvalue weighted by Crippen LogP contribution is 2.27. The highest BCUT2D eigenvalue weighted by Gasteiger charge is 2.27. The van der Waals surface area contributed by atoms with Gasteiger partial charge in [-0.15, -0.1) is 0 Å². The molecule has 1 aliphatic heterocycles. The van der Waals surface area contributed by atoms with Crippen LogP contribution in [0, 0.1) is 5.92 Å². The van der Waals surface area contributed by atoms with E-state index in [0.29, 0.717) is 6.04 Å². The monoisotopic (exact) mass is 175 g/mol. The van der Waals surface area contributed by atoms with Crippen molar-refractivity contribution < 1.29 is 0 Å². The average molecular weight is 175 g/mol. The largest absolute Gasteiger partial charge is 0.296 e. The van der Waals surface area contributed by atoms with E-state index in [0.717, 1.165) is 5.92 Å². The van der Waals surface area contributed by atoms with Gasteiger partial charge in [-0.2, -0.15) is 0 Å². The maximum atomic E-state index is 2.53. The third-order valence-corrected chi connectivity index (χ3v) is 2.92. The Labute approximate surface area is 80.4 Å². The van der Waals surface area contributed by atoms with Gasteiger partial charge in [-0.1, -0.05) is 37.3 Å². The number of benzene rings is 1. The van der Waals surface area contributed by atoms with E-state index < -0.39 is 0 Å². The molecule has 13 heavy (non-hydrogen) atoms. The summed E-state index contributed by atoms with van der Waals surface area (Å²) in [6.45, 7) is 7.13. The zero-order valence-electron chi connectivity index (χ0n) is 8.40. The van der Waals surface area contributed by atoms with Crippen LogP contribution < -0.4 is 0 Å². The fourth-order valence-electron chi connectivity index (χ4n) is 2.01. The van der Waals surface area contributed by atoms with E-state index in [1.54, 1.807) is 0 Å². The van der Waals surface area contributed by atoms with Crippen molar-refractivity contribution in [3.63, 3.8) is 0 Å². The fourth-order valence-corrected chi connectivity index (χ4v) is 2.01. The normalized spacial score (nSPS) is 21.1. The molecule has 0 spiro atoms. The molecule has 1 aromatic carbocycles. The average Bonchev–Trinajstić information content (AvgIpc) is 2.13. The van der Waals surface area contributed by atoms with Gasteiger partial charge in [0.25, 0.3) is 0 Å². The summed E-state index contributed by atoms with van der Waals surface area (Å²) in [6, 6.07) is 11.3. The van der Waals surface area contributed by atoms with Gasteiger partial charge in [0.05, 0.1) is 0 Å². The first kappa shape index (κ1) is 8.76. The summed E-state index contributed by atoms with van der Waals surface area (Å²) in [6.07, 6.45) is 0. The van der Waals surface area contributed by atoms with Crippen LogP contribution >= 0.6 is 0 Å². The Kier molecular flexibility index (Phi) is 2.36. The molecule has 0 radical (unpaired) electrons. The maximum absolute atomic E-state index is 2.53. The van der Waals surface area contributed by atoms with Crippen molar-refractivity contribution in [2.45, 2.75) is 19.9 Å². The molecule has 0 saturated carbocycles. The zero-order valence-corrected chi connectivity index (χ0v) is 8.40. The van der Waals surface area contributed by atoms with Gasteiger partial charge < -0.3 is 0 Å². The molecule has 1 fully saturated rings. The number of hydrogen-bond acceptors (Lipinski definition) is 1. The second-order valence-corrected chi connectivity index (χ2v) is 4.15. The minimum absolute atomic E-state index is 0.595. The first-order chi connectivity index (χ1) is 6.27. The van der Waals surface area contributed by atoms with E-state index in [-0.39, 0.29) is 0 Å². The lowest BCUT2D eigenvalue weighted by Crippen LogP contribution is -2.46. The second-order valence-electron chi connectivity index (χ2n) is 4.15. The van der Waals surface area contributed by atoms with Crippen LogP contribution in [0.4, 0.5) is 0 Å². The van der Waals surface area contributed by atoms with Crippen LogP contribution in [0.25, 0.3) is 0 Å². The van der Waals surface area contributed by atoms with E-state index in [9.17, 15) is 0 Å². The first-order valence-electron chi connectivity index (χ1n) is 5.06. The molecule has 70 valence electrons. The van der Waals surface area contributed by atoms with Gasteiger partial charge in [0.15, 0.2) is 0 Å². The zero-order chi connectivity index (χ0) is 9.26. The van der Waals surface area contributed by atoms with Gasteiger partial charge in [0.1, 0.15) is 0 Å². The molecule has 0 aliphatic carbocycles. The van der Waals surface area contributed by atoms with Crippen molar-refractivity contribution in [2.24, 2.45) is 5.92 Å². The molecule has 1 heterocycles.